The fourth-order valence-corrected chi connectivity index (χ4v) is 3.45. The van der Waals surface area contributed by atoms with Gasteiger partial charge in [-0.25, -0.2) is 8.42 Å². The maximum absolute atomic E-state index is 11.8. The third kappa shape index (κ3) is 3.06. The molecule has 0 aliphatic rings. The van der Waals surface area contributed by atoms with E-state index in [9.17, 15) is 8.42 Å². The van der Waals surface area contributed by atoms with Crippen LogP contribution >= 0.6 is 27.5 Å². The van der Waals surface area contributed by atoms with Crippen LogP contribution in [-0.2, 0) is 15.7 Å². The van der Waals surface area contributed by atoms with Crippen LogP contribution in [0.1, 0.15) is 5.56 Å². The van der Waals surface area contributed by atoms with E-state index in [-0.39, 0.29) is 10.6 Å². The molecule has 0 atom stereocenters. The van der Waals surface area contributed by atoms with Gasteiger partial charge < -0.3 is 0 Å². The molecule has 0 fully saturated rings. The molecule has 0 N–H and O–H groups in total. The lowest BCUT2D eigenvalue weighted by Gasteiger charge is -2.06. The summed E-state index contributed by atoms with van der Waals surface area (Å²) >= 11 is 8.86. The van der Waals surface area contributed by atoms with E-state index in [0.717, 1.165) is 5.56 Å². The molecule has 0 saturated heterocycles. The van der Waals surface area contributed by atoms with E-state index in [2.05, 4.69) is 22.5 Å². The monoisotopic (exact) mass is 308 g/mol. The van der Waals surface area contributed by atoms with Gasteiger partial charge in [0.25, 0.3) is 0 Å². The van der Waals surface area contributed by atoms with Crippen molar-refractivity contribution >= 4 is 37.4 Å². The number of sulfone groups is 1. The Morgan fingerprint density at radius 1 is 1.47 bits per heavy atom. The van der Waals surface area contributed by atoms with Gasteiger partial charge in [-0.15, -0.1) is 18.2 Å². The van der Waals surface area contributed by atoms with Crippen LogP contribution in [0.5, 0.6) is 0 Å². The highest BCUT2D eigenvalue weighted by molar-refractivity contribution is 9.10. The number of rotatable bonds is 4. The molecule has 1 aromatic carbocycles. The van der Waals surface area contributed by atoms with E-state index in [0.29, 0.717) is 10.4 Å². The Kier molecular flexibility index (Phi) is 4.37. The average Bonchev–Trinajstić information content (AvgIpc) is 2.18. The van der Waals surface area contributed by atoms with Crippen LogP contribution in [0.25, 0.3) is 0 Å². The average molecular weight is 310 g/mol. The fourth-order valence-electron chi connectivity index (χ4n) is 1.11. The van der Waals surface area contributed by atoms with Crippen molar-refractivity contribution in [3.63, 3.8) is 0 Å². The van der Waals surface area contributed by atoms with Crippen molar-refractivity contribution in [3.05, 3.63) is 40.9 Å². The molecule has 0 saturated carbocycles. The Bertz CT molecular complexity index is 468. The number of benzene rings is 1. The molecule has 0 heterocycles. The van der Waals surface area contributed by atoms with E-state index < -0.39 is 9.84 Å². The van der Waals surface area contributed by atoms with E-state index in [4.69, 9.17) is 11.6 Å². The molecule has 0 aliphatic carbocycles. The van der Waals surface area contributed by atoms with Gasteiger partial charge in [-0.2, -0.15) is 0 Å². The normalized spacial score (nSPS) is 11.3. The van der Waals surface area contributed by atoms with Crippen molar-refractivity contribution in [2.24, 2.45) is 0 Å². The topological polar surface area (TPSA) is 34.1 Å². The number of alkyl halides is 1. The van der Waals surface area contributed by atoms with Gasteiger partial charge in [0.1, 0.15) is 0 Å². The molecule has 2 nitrogen and oxygen atoms in total. The van der Waals surface area contributed by atoms with Crippen LogP contribution in [0.15, 0.2) is 40.2 Å². The maximum Gasteiger partial charge on any atom is 0.183 e. The lowest BCUT2D eigenvalue weighted by atomic mass is 10.2. The molecule has 0 amide bonds. The molecular weight excluding hydrogens is 300 g/mol. The minimum atomic E-state index is -3.30. The summed E-state index contributed by atoms with van der Waals surface area (Å²) in [7, 11) is -3.30. The summed E-state index contributed by atoms with van der Waals surface area (Å²) in [5.74, 6) is 0.223. The number of halogens is 2. The highest BCUT2D eigenvalue weighted by Crippen LogP contribution is 2.25. The van der Waals surface area contributed by atoms with Gasteiger partial charge in [0.2, 0.25) is 0 Å². The van der Waals surface area contributed by atoms with E-state index in [1.54, 1.807) is 18.2 Å². The molecule has 0 spiro atoms. The molecule has 1 rings (SSSR count). The molecular formula is C10H10BrClO2S. The molecule has 0 aromatic heterocycles. The summed E-state index contributed by atoms with van der Waals surface area (Å²) in [5.41, 5.74) is 0.780. The van der Waals surface area contributed by atoms with Crippen LogP contribution in [0.3, 0.4) is 0 Å². The predicted molar refractivity (Wildman–Crippen MR) is 65.9 cm³/mol. The van der Waals surface area contributed by atoms with Crippen molar-refractivity contribution in [3.8, 4) is 0 Å². The third-order valence-corrected chi connectivity index (χ3v) is 4.77. The molecule has 1 aromatic rings. The molecule has 5 heteroatoms. The second kappa shape index (κ2) is 5.14. The van der Waals surface area contributed by atoms with Gasteiger partial charge in [0.15, 0.2) is 9.84 Å². The summed E-state index contributed by atoms with van der Waals surface area (Å²) < 4.78 is 24.1. The first-order valence-electron chi connectivity index (χ1n) is 4.19. The molecule has 0 aliphatic heterocycles. The largest absolute Gasteiger partial charge is 0.223 e. The predicted octanol–water partition coefficient (Wildman–Crippen LogP) is 3.15. The fraction of sp³-hybridized carbons (Fsp3) is 0.200. The minimum Gasteiger partial charge on any atom is -0.223 e. The number of hydrogen-bond acceptors (Lipinski definition) is 2. The van der Waals surface area contributed by atoms with Crippen LogP contribution in [0.4, 0.5) is 0 Å². The standard InChI is InChI=1S/C10H10BrClO2S/c1-2-5-15(13,14)10-6-8(7-12)3-4-9(10)11/h2-4,6H,1,5,7H2. The summed E-state index contributed by atoms with van der Waals surface area (Å²) in [6.45, 7) is 3.42. The zero-order valence-corrected chi connectivity index (χ0v) is 11.1. The van der Waals surface area contributed by atoms with Gasteiger partial charge in [0, 0.05) is 10.4 Å². The zero-order valence-electron chi connectivity index (χ0n) is 7.91. The molecule has 82 valence electrons. The van der Waals surface area contributed by atoms with E-state index in [1.165, 1.54) is 6.08 Å². The summed E-state index contributed by atoms with van der Waals surface area (Å²) in [6.07, 6.45) is 1.37. The first-order valence-corrected chi connectivity index (χ1v) is 7.17. The molecule has 15 heavy (non-hydrogen) atoms. The third-order valence-electron chi connectivity index (χ3n) is 1.82. The quantitative estimate of drug-likeness (QED) is 0.632. The lowest BCUT2D eigenvalue weighted by Crippen LogP contribution is -2.05. The zero-order chi connectivity index (χ0) is 11.5. The van der Waals surface area contributed by atoms with Gasteiger partial charge in [-0.05, 0) is 33.6 Å². The summed E-state index contributed by atoms with van der Waals surface area (Å²) in [5, 5.41) is 0. The van der Waals surface area contributed by atoms with Crippen LogP contribution in [0.2, 0.25) is 0 Å². The number of hydrogen-bond donors (Lipinski definition) is 0. The first-order chi connectivity index (χ1) is 7.01. The summed E-state index contributed by atoms with van der Waals surface area (Å²) in [6, 6.07) is 5.05. The SMILES string of the molecule is C=CCS(=O)(=O)c1cc(CCl)ccc1Br. The Labute approximate surface area is 103 Å². The van der Waals surface area contributed by atoms with Crippen LogP contribution < -0.4 is 0 Å². The van der Waals surface area contributed by atoms with Crippen molar-refractivity contribution in [2.45, 2.75) is 10.8 Å². The lowest BCUT2D eigenvalue weighted by molar-refractivity contribution is 0.598. The summed E-state index contributed by atoms with van der Waals surface area (Å²) in [4.78, 5) is 0.264. The van der Waals surface area contributed by atoms with Gasteiger partial charge in [-0.3, -0.25) is 0 Å². The second-order valence-corrected chi connectivity index (χ2v) is 6.09. The van der Waals surface area contributed by atoms with Crippen molar-refractivity contribution in [2.75, 3.05) is 5.75 Å². The molecule has 0 unspecified atom stereocenters. The van der Waals surface area contributed by atoms with Gasteiger partial charge in [0.05, 0.1) is 10.6 Å². The highest BCUT2D eigenvalue weighted by Gasteiger charge is 2.16. The van der Waals surface area contributed by atoms with Crippen molar-refractivity contribution in [1.29, 1.82) is 0 Å². The second-order valence-electron chi connectivity index (χ2n) is 2.97. The Morgan fingerprint density at radius 3 is 2.67 bits per heavy atom. The minimum absolute atomic E-state index is 0.0721. The Hall–Kier alpha value is -0.320. The first kappa shape index (κ1) is 12.7. The Morgan fingerprint density at radius 2 is 2.13 bits per heavy atom. The maximum atomic E-state index is 11.8. The van der Waals surface area contributed by atoms with Gasteiger partial charge in [-0.1, -0.05) is 12.1 Å². The van der Waals surface area contributed by atoms with Crippen molar-refractivity contribution in [1.82, 2.24) is 0 Å². The van der Waals surface area contributed by atoms with Crippen LogP contribution in [0, 0.1) is 0 Å². The van der Waals surface area contributed by atoms with Crippen LogP contribution in [-0.4, -0.2) is 14.2 Å². The van der Waals surface area contributed by atoms with E-state index >= 15 is 0 Å². The molecule has 0 bridgehead atoms. The molecule has 0 radical (unpaired) electrons. The highest BCUT2D eigenvalue weighted by atomic mass is 79.9. The smallest absolute Gasteiger partial charge is 0.183 e. The van der Waals surface area contributed by atoms with E-state index in [1.807, 2.05) is 0 Å². The Balaban J connectivity index is 3.29. The van der Waals surface area contributed by atoms with Gasteiger partial charge >= 0.3 is 0 Å². The van der Waals surface area contributed by atoms with Crippen molar-refractivity contribution < 1.29 is 8.42 Å².